The lowest BCUT2D eigenvalue weighted by Gasteiger charge is -2.13. The van der Waals surface area contributed by atoms with E-state index in [1.54, 1.807) is 12.1 Å². The molecule has 1 amide bonds. The summed E-state index contributed by atoms with van der Waals surface area (Å²) in [6, 6.07) is 7.35. The van der Waals surface area contributed by atoms with Crippen molar-refractivity contribution in [3.8, 4) is 0 Å². The molecule has 3 N–H and O–H groups in total. The molecule has 0 radical (unpaired) electrons. The molecule has 2 rings (SSSR count). The van der Waals surface area contributed by atoms with Crippen LogP contribution in [-0.4, -0.2) is 10.9 Å². The molecule has 3 nitrogen and oxygen atoms in total. The highest BCUT2D eigenvalue weighted by Crippen LogP contribution is 2.46. The molecule has 1 aliphatic carbocycles. The number of benzene rings is 1. The topological polar surface area (TPSA) is 55.1 Å². The Labute approximate surface area is 110 Å². The number of thiocarbonyl (C=S) groups is 1. The zero-order valence-electron chi connectivity index (χ0n) is 9.20. The van der Waals surface area contributed by atoms with Gasteiger partial charge in [0.05, 0.1) is 10.4 Å². The molecule has 0 unspecified atom stereocenters. The van der Waals surface area contributed by atoms with Crippen molar-refractivity contribution in [1.29, 1.82) is 0 Å². The quantitative estimate of drug-likeness (QED) is 0.822. The Bertz CT molecular complexity index is 454. The summed E-state index contributed by atoms with van der Waals surface area (Å²) in [6.07, 6.45) is 1.52. The van der Waals surface area contributed by atoms with E-state index < -0.39 is 5.41 Å². The second-order valence-electron chi connectivity index (χ2n) is 4.26. The zero-order chi connectivity index (χ0) is 12.5. The SMILES string of the molecule is NC(=S)C1(C(=O)NCc2ccc(Cl)cc2)CC1. The van der Waals surface area contributed by atoms with Crippen molar-refractivity contribution in [2.45, 2.75) is 19.4 Å². The van der Waals surface area contributed by atoms with Gasteiger partial charge in [0, 0.05) is 11.6 Å². The highest BCUT2D eigenvalue weighted by molar-refractivity contribution is 7.80. The van der Waals surface area contributed by atoms with E-state index in [0.29, 0.717) is 16.6 Å². The number of halogens is 1. The molecule has 1 saturated carbocycles. The first-order chi connectivity index (χ1) is 8.04. The molecule has 1 aromatic carbocycles. The zero-order valence-corrected chi connectivity index (χ0v) is 10.8. The van der Waals surface area contributed by atoms with Crippen molar-refractivity contribution in [3.63, 3.8) is 0 Å². The molecule has 0 saturated heterocycles. The predicted molar refractivity (Wildman–Crippen MR) is 71.8 cm³/mol. The van der Waals surface area contributed by atoms with Crippen LogP contribution in [0.1, 0.15) is 18.4 Å². The number of carbonyl (C=O) groups is 1. The fraction of sp³-hybridized carbons (Fsp3) is 0.333. The Morgan fingerprint density at radius 3 is 2.47 bits per heavy atom. The van der Waals surface area contributed by atoms with Crippen LogP contribution in [0, 0.1) is 5.41 Å². The summed E-state index contributed by atoms with van der Waals surface area (Å²) < 4.78 is 0. The third kappa shape index (κ3) is 2.58. The molecule has 0 aliphatic heterocycles. The number of nitrogens with one attached hydrogen (secondary N) is 1. The minimum atomic E-state index is -0.582. The van der Waals surface area contributed by atoms with Crippen molar-refractivity contribution in [2.75, 3.05) is 0 Å². The van der Waals surface area contributed by atoms with Gasteiger partial charge in [0.2, 0.25) is 5.91 Å². The van der Waals surface area contributed by atoms with Gasteiger partial charge in [-0.3, -0.25) is 4.79 Å². The average Bonchev–Trinajstić information content (AvgIpc) is 3.09. The minimum absolute atomic E-state index is 0.0695. The van der Waals surface area contributed by atoms with Crippen LogP contribution >= 0.6 is 23.8 Å². The molecule has 1 fully saturated rings. The monoisotopic (exact) mass is 268 g/mol. The maximum Gasteiger partial charge on any atom is 0.233 e. The van der Waals surface area contributed by atoms with Crippen LogP contribution in [0.15, 0.2) is 24.3 Å². The van der Waals surface area contributed by atoms with Gasteiger partial charge >= 0.3 is 0 Å². The lowest BCUT2D eigenvalue weighted by molar-refractivity contribution is -0.124. The van der Waals surface area contributed by atoms with Crippen LogP contribution in [0.25, 0.3) is 0 Å². The third-order valence-electron chi connectivity index (χ3n) is 3.02. The van der Waals surface area contributed by atoms with E-state index in [-0.39, 0.29) is 5.91 Å². The normalized spacial score (nSPS) is 16.3. The predicted octanol–water partition coefficient (Wildman–Crippen LogP) is 2.02. The molecule has 0 aromatic heterocycles. The van der Waals surface area contributed by atoms with Crippen LogP contribution in [-0.2, 0) is 11.3 Å². The van der Waals surface area contributed by atoms with E-state index in [1.165, 1.54) is 0 Å². The lowest BCUT2D eigenvalue weighted by Crippen LogP contribution is -2.39. The summed E-state index contributed by atoms with van der Waals surface area (Å²) in [5, 5.41) is 3.54. The van der Waals surface area contributed by atoms with E-state index in [0.717, 1.165) is 18.4 Å². The molecular formula is C12H13ClN2OS. The Hall–Kier alpha value is -1.13. The first-order valence-electron chi connectivity index (χ1n) is 5.37. The molecule has 0 spiro atoms. The van der Waals surface area contributed by atoms with Gasteiger partial charge in [-0.2, -0.15) is 0 Å². The van der Waals surface area contributed by atoms with Crippen LogP contribution < -0.4 is 11.1 Å². The van der Waals surface area contributed by atoms with E-state index in [4.69, 9.17) is 29.6 Å². The molecular weight excluding hydrogens is 256 g/mol. The summed E-state index contributed by atoms with van der Waals surface area (Å²) in [6.45, 7) is 0.473. The van der Waals surface area contributed by atoms with Crippen molar-refractivity contribution in [2.24, 2.45) is 11.1 Å². The fourth-order valence-electron chi connectivity index (χ4n) is 1.66. The van der Waals surface area contributed by atoms with Gasteiger partial charge in [0.1, 0.15) is 0 Å². The largest absolute Gasteiger partial charge is 0.392 e. The molecule has 0 bridgehead atoms. The van der Waals surface area contributed by atoms with Crippen molar-refractivity contribution in [3.05, 3.63) is 34.9 Å². The Kier molecular flexibility index (Phi) is 3.35. The smallest absolute Gasteiger partial charge is 0.233 e. The van der Waals surface area contributed by atoms with Crippen molar-refractivity contribution in [1.82, 2.24) is 5.32 Å². The molecule has 17 heavy (non-hydrogen) atoms. The number of hydrogen-bond acceptors (Lipinski definition) is 2. The summed E-state index contributed by atoms with van der Waals surface area (Å²) in [5.41, 5.74) is 6.00. The first-order valence-corrected chi connectivity index (χ1v) is 6.16. The molecule has 5 heteroatoms. The third-order valence-corrected chi connectivity index (χ3v) is 3.67. The Morgan fingerprint density at radius 2 is 2.00 bits per heavy atom. The maximum absolute atomic E-state index is 11.9. The number of amides is 1. The van der Waals surface area contributed by atoms with Crippen LogP contribution in [0.3, 0.4) is 0 Å². The Balaban J connectivity index is 1.93. The first kappa shape index (κ1) is 12.3. The van der Waals surface area contributed by atoms with Crippen molar-refractivity contribution >= 4 is 34.7 Å². The maximum atomic E-state index is 11.9. The average molecular weight is 269 g/mol. The van der Waals surface area contributed by atoms with Gasteiger partial charge in [0.15, 0.2) is 0 Å². The van der Waals surface area contributed by atoms with Gasteiger partial charge in [0.25, 0.3) is 0 Å². The molecule has 90 valence electrons. The van der Waals surface area contributed by atoms with Gasteiger partial charge in [-0.1, -0.05) is 36.0 Å². The van der Waals surface area contributed by atoms with E-state index >= 15 is 0 Å². The number of nitrogens with two attached hydrogens (primary N) is 1. The Morgan fingerprint density at radius 1 is 1.41 bits per heavy atom. The summed E-state index contributed by atoms with van der Waals surface area (Å²) >= 11 is 10.7. The standard InChI is InChI=1S/C12H13ClN2OS/c13-9-3-1-8(2-4-9)7-15-11(16)12(5-6-12)10(14)17/h1-4H,5-7H2,(H2,14,17)(H,15,16). The van der Waals surface area contributed by atoms with E-state index in [9.17, 15) is 4.79 Å². The molecule has 1 aliphatic rings. The summed E-state index contributed by atoms with van der Waals surface area (Å²) in [7, 11) is 0. The van der Waals surface area contributed by atoms with Gasteiger partial charge in [-0.05, 0) is 30.5 Å². The molecule has 0 atom stereocenters. The second kappa shape index (κ2) is 4.63. The van der Waals surface area contributed by atoms with Crippen LogP contribution in [0.4, 0.5) is 0 Å². The van der Waals surface area contributed by atoms with E-state index in [2.05, 4.69) is 5.32 Å². The van der Waals surface area contributed by atoms with Crippen LogP contribution in [0.2, 0.25) is 5.02 Å². The summed E-state index contributed by atoms with van der Waals surface area (Å²) in [5.74, 6) is -0.0695. The van der Waals surface area contributed by atoms with E-state index in [1.807, 2.05) is 12.1 Å². The number of hydrogen-bond donors (Lipinski definition) is 2. The number of rotatable bonds is 4. The van der Waals surface area contributed by atoms with Crippen molar-refractivity contribution < 1.29 is 4.79 Å². The minimum Gasteiger partial charge on any atom is -0.392 e. The number of carbonyl (C=O) groups excluding carboxylic acids is 1. The van der Waals surface area contributed by atoms with Gasteiger partial charge < -0.3 is 11.1 Å². The summed E-state index contributed by atoms with van der Waals surface area (Å²) in [4.78, 5) is 12.2. The van der Waals surface area contributed by atoms with Gasteiger partial charge in [-0.25, -0.2) is 0 Å². The fourth-order valence-corrected chi connectivity index (χ4v) is 2.09. The van der Waals surface area contributed by atoms with Crippen LogP contribution in [0.5, 0.6) is 0 Å². The molecule has 0 heterocycles. The lowest BCUT2D eigenvalue weighted by atomic mass is 10.1. The molecule has 1 aromatic rings. The van der Waals surface area contributed by atoms with Gasteiger partial charge in [-0.15, -0.1) is 0 Å². The highest BCUT2D eigenvalue weighted by Gasteiger charge is 2.52. The highest BCUT2D eigenvalue weighted by atomic mass is 35.5. The second-order valence-corrected chi connectivity index (χ2v) is 5.13.